The molecule has 5 heteroatoms. The van der Waals surface area contributed by atoms with E-state index in [0.29, 0.717) is 0 Å². The fourth-order valence-corrected chi connectivity index (χ4v) is 1.49. The number of allylic oxidation sites excluding steroid dienone is 1. The third kappa shape index (κ3) is 4.79. The molecular weight excluding hydrogens is 215 g/mol. The highest BCUT2D eigenvalue weighted by molar-refractivity contribution is 7.46. The molecule has 0 saturated carbocycles. The normalized spacial score (nSPS) is 10.9. The number of phosphoric ester groups is 1. The van der Waals surface area contributed by atoms with E-state index in [4.69, 9.17) is 9.79 Å². The number of benzene rings is 1. The first kappa shape index (κ1) is 12.0. The van der Waals surface area contributed by atoms with Crippen LogP contribution in [0, 0.1) is 0 Å². The maximum absolute atomic E-state index is 10.5. The second-order valence-corrected chi connectivity index (χ2v) is 4.54. The molecule has 0 saturated heterocycles. The van der Waals surface area contributed by atoms with Crippen LogP contribution >= 0.6 is 7.82 Å². The Labute approximate surface area is 88.5 Å². The lowest BCUT2D eigenvalue weighted by atomic mass is 10.1. The van der Waals surface area contributed by atoms with Crippen LogP contribution in [0.1, 0.15) is 19.4 Å². The van der Waals surface area contributed by atoms with Gasteiger partial charge in [0.25, 0.3) is 0 Å². The molecule has 15 heavy (non-hydrogen) atoms. The minimum absolute atomic E-state index is 0.161. The van der Waals surface area contributed by atoms with E-state index in [1.54, 1.807) is 12.1 Å². The lowest BCUT2D eigenvalue weighted by Crippen LogP contribution is -1.89. The highest BCUT2D eigenvalue weighted by atomic mass is 31.2. The van der Waals surface area contributed by atoms with E-state index in [1.807, 2.05) is 19.9 Å². The van der Waals surface area contributed by atoms with Crippen molar-refractivity contribution in [2.24, 2.45) is 0 Å². The standard InChI is InChI=1S/C10H13O4P/c1-8(2)7-9-3-5-10(6-4-9)14-15(11,12)13/h3-7H,1-2H3,(H2,11,12,13). The van der Waals surface area contributed by atoms with Crippen molar-refractivity contribution in [1.82, 2.24) is 0 Å². The highest BCUT2D eigenvalue weighted by Crippen LogP contribution is 2.37. The largest absolute Gasteiger partial charge is 0.524 e. The average Bonchev–Trinajstić information content (AvgIpc) is 2.05. The van der Waals surface area contributed by atoms with Gasteiger partial charge in [-0.25, -0.2) is 4.57 Å². The summed E-state index contributed by atoms with van der Waals surface area (Å²) in [6.07, 6.45) is 1.96. The Morgan fingerprint density at radius 3 is 2.20 bits per heavy atom. The summed E-state index contributed by atoms with van der Waals surface area (Å²) in [5.74, 6) is 0.161. The van der Waals surface area contributed by atoms with Crippen molar-refractivity contribution in [2.45, 2.75) is 13.8 Å². The molecule has 0 spiro atoms. The van der Waals surface area contributed by atoms with Crippen molar-refractivity contribution in [2.75, 3.05) is 0 Å². The van der Waals surface area contributed by atoms with Crippen molar-refractivity contribution in [3.63, 3.8) is 0 Å². The second kappa shape index (κ2) is 4.62. The van der Waals surface area contributed by atoms with E-state index in [-0.39, 0.29) is 5.75 Å². The molecule has 0 aliphatic carbocycles. The smallest absolute Gasteiger partial charge is 0.404 e. The Hall–Kier alpha value is -1.09. The quantitative estimate of drug-likeness (QED) is 0.780. The Bertz CT molecular complexity index is 398. The highest BCUT2D eigenvalue weighted by Gasteiger charge is 2.15. The molecule has 0 aromatic heterocycles. The predicted octanol–water partition coefficient (Wildman–Crippen LogP) is 2.58. The molecular formula is C10H13O4P. The first-order valence-corrected chi connectivity index (χ1v) is 5.90. The Morgan fingerprint density at radius 2 is 1.80 bits per heavy atom. The van der Waals surface area contributed by atoms with E-state index in [0.717, 1.165) is 11.1 Å². The minimum atomic E-state index is -4.45. The summed E-state index contributed by atoms with van der Waals surface area (Å²) in [4.78, 5) is 17.1. The molecule has 0 amide bonds. The molecule has 82 valence electrons. The van der Waals surface area contributed by atoms with Crippen molar-refractivity contribution in [1.29, 1.82) is 0 Å². The molecule has 0 fully saturated rings. The molecule has 0 unspecified atom stereocenters. The molecule has 2 N–H and O–H groups in total. The zero-order valence-electron chi connectivity index (χ0n) is 8.54. The van der Waals surface area contributed by atoms with Gasteiger partial charge in [0.1, 0.15) is 5.75 Å². The topological polar surface area (TPSA) is 66.8 Å². The Kier molecular flexibility index (Phi) is 3.69. The van der Waals surface area contributed by atoms with Crippen molar-refractivity contribution >= 4 is 13.9 Å². The van der Waals surface area contributed by atoms with Gasteiger partial charge >= 0.3 is 7.82 Å². The number of rotatable bonds is 3. The number of hydrogen-bond acceptors (Lipinski definition) is 2. The lowest BCUT2D eigenvalue weighted by molar-refractivity contribution is 0.283. The van der Waals surface area contributed by atoms with Crippen LogP contribution in [0.5, 0.6) is 5.75 Å². The fourth-order valence-electron chi connectivity index (χ4n) is 1.10. The van der Waals surface area contributed by atoms with E-state index in [1.165, 1.54) is 12.1 Å². The van der Waals surface area contributed by atoms with E-state index in [9.17, 15) is 4.57 Å². The maximum Gasteiger partial charge on any atom is 0.524 e. The Morgan fingerprint density at radius 1 is 1.27 bits per heavy atom. The molecule has 4 nitrogen and oxygen atoms in total. The fraction of sp³-hybridized carbons (Fsp3) is 0.200. The van der Waals surface area contributed by atoms with Gasteiger partial charge in [0, 0.05) is 0 Å². The van der Waals surface area contributed by atoms with Crippen LogP contribution in [0.25, 0.3) is 6.08 Å². The van der Waals surface area contributed by atoms with Crippen LogP contribution in [0.4, 0.5) is 0 Å². The molecule has 0 aliphatic heterocycles. The van der Waals surface area contributed by atoms with Crippen molar-refractivity contribution in [3.8, 4) is 5.75 Å². The summed E-state index contributed by atoms with van der Waals surface area (Å²) in [5.41, 5.74) is 2.12. The van der Waals surface area contributed by atoms with Crippen LogP contribution in [0.3, 0.4) is 0 Å². The van der Waals surface area contributed by atoms with Crippen molar-refractivity contribution in [3.05, 3.63) is 35.4 Å². The molecule has 1 aromatic rings. The summed E-state index contributed by atoms with van der Waals surface area (Å²) in [7, 11) is -4.45. The van der Waals surface area contributed by atoms with Crippen LogP contribution in [-0.2, 0) is 4.57 Å². The van der Waals surface area contributed by atoms with Gasteiger partial charge in [-0.1, -0.05) is 23.8 Å². The summed E-state index contributed by atoms with van der Waals surface area (Å²) >= 11 is 0. The molecule has 0 aliphatic rings. The van der Waals surface area contributed by atoms with Gasteiger partial charge in [0.15, 0.2) is 0 Å². The monoisotopic (exact) mass is 228 g/mol. The summed E-state index contributed by atoms with van der Waals surface area (Å²) < 4.78 is 14.9. The predicted molar refractivity (Wildman–Crippen MR) is 58.4 cm³/mol. The first-order valence-electron chi connectivity index (χ1n) is 4.37. The Balaban J connectivity index is 2.82. The summed E-state index contributed by atoms with van der Waals surface area (Å²) in [5, 5.41) is 0. The van der Waals surface area contributed by atoms with E-state index in [2.05, 4.69) is 4.52 Å². The number of hydrogen-bond donors (Lipinski definition) is 2. The molecule has 0 radical (unpaired) electrons. The third-order valence-electron chi connectivity index (χ3n) is 1.56. The zero-order valence-corrected chi connectivity index (χ0v) is 9.44. The number of phosphoric acid groups is 1. The zero-order chi connectivity index (χ0) is 11.5. The van der Waals surface area contributed by atoms with Crippen LogP contribution in [-0.4, -0.2) is 9.79 Å². The molecule has 1 aromatic carbocycles. The van der Waals surface area contributed by atoms with Gasteiger partial charge in [-0.2, -0.15) is 0 Å². The van der Waals surface area contributed by atoms with Gasteiger partial charge < -0.3 is 4.52 Å². The SMILES string of the molecule is CC(C)=Cc1ccc(OP(=O)(O)O)cc1. The van der Waals surface area contributed by atoms with Gasteiger partial charge in [-0.15, -0.1) is 0 Å². The minimum Gasteiger partial charge on any atom is -0.404 e. The second-order valence-electron chi connectivity index (χ2n) is 3.37. The lowest BCUT2D eigenvalue weighted by Gasteiger charge is -2.06. The van der Waals surface area contributed by atoms with Crippen LogP contribution in [0.15, 0.2) is 29.8 Å². The van der Waals surface area contributed by atoms with Crippen LogP contribution < -0.4 is 4.52 Å². The molecule has 1 rings (SSSR count). The summed E-state index contributed by atoms with van der Waals surface area (Å²) in [6.45, 7) is 3.94. The summed E-state index contributed by atoms with van der Waals surface area (Å²) in [6, 6.07) is 6.51. The third-order valence-corrected chi connectivity index (χ3v) is 2.01. The van der Waals surface area contributed by atoms with E-state index >= 15 is 0 Å². The first-order chi connectivity index (χ1) is 6.87. The molecule has 0 atom stereocenters. The van der Waals surface area contributed by atoms with Gasteiger partial charge in [-0.3, -0.25) is 9.79 Å². The van der Waals surface area contributed by atoms with Gasteiger partial charge in [0.05, 0.1) is 0 Å². The molecule has 0 bridgehead atoms. The van der Waals surface area contributed by atoms with Gasteiger partial charge in [-0.05, 0) is 31.5 Å². The van der Waals surface area contributed by atoms with E-state index < -0.39 is 7.82 Å². The van der Waals surface area contributed by atoms with Crippen molar-refractivity contribution < 1.29 is 18.9 Å². The maximum atomic E-state index is 10.5. The average molecular weight is 228 g/mol. The van der Waals surface area contributed by atoms with Crippen LogP contribution in [0.2, 0.25) is 0 Å². The molecule has 0 heterocycles. The van der Waals surface area contributed by atoms with Gasteiger partial charge in [0.2, 0.25) is 0 Å².